The van der Waals surface area contributed by atoms with Crippen molar-refractivity contribution in [1.29, 1.82) is 0 Å². The number of carbonyl (C=O) groups is 3. The number of β-lactam (4-membered cyclic amide) rings is 1. The lowest BCUT2D eigenvalue weighted by Gasteiger charge is -2.49. The van der Waals surface area contributed by atoms with Gasteiger partial charge >= 0.3 is 5.97 Å². The Hall–Kier alpha value is -2.84. The lowest BCUT2D eigenvalue weighted by atomic mass is 10.0. The fourth-order valence-electron chi connectivity index (χ4n) is 4.05. The van der Waals surface area contributed by atoms with E-state index in [-0.39, 0.29) is 35.6 Å². The molecule has 1 unspecified atom stereocenters. The second-order valence-electron chi connectivity index (χ2n) is 9.13. The Morgan fingerprint density at radius 2 is 2.00 bits per heavy atom. The van der Waals surface area contributed by atoms with Crippen molar-refractivity contribution in [2.24, 2.45) is 5.16 Å². The molecule has 0 bridgehead atoms. The molecule has 1 fully saturated rings. The van der Waals surface area contributed by atoms with Gasteiger partial charge in [0, 0.05) is 29.6 Å². The summed E-state index contributed by atoms with van der Waals surface area (Å²) in [6.45, 7) is 3.99. The van der Waals surface area contributed by atoms with E-state index < -0.39 is 29.2 Å². The van der Waals surface area contributed by atoms with Gasteiger partial charge in [-0.05, 0) is 12.0 Å². The lowest BCUT2D eigenvalue weighted by molar-refractivity contribution is -0.150. The number of anilines is 1. The number of rotatable bonds is 19. The lowest BCUT2D eigenvalue weighted by Crippen LogP contribution is -2.71. The van der Waals surface area contributed by atoms with E-state index in [2.05, 4.69) is 37.0 Å². The van der Waals surface area contributed by atoms with E-state index in [1.165, 1.54) is 52.6 Å². The highest BCUT2D eigenvalue weighted by atomic mass is 32.2. The first-order valence-corrected chi connectivity index (χ1v) is 17.1. The third kappa shape index (κ3) is 9.08. The molecule has 4 heterocycles. The number of hydrogen-bond donors (Lipinski definition) is 3. The molecular weight excluding hydrogens is 641 g/mol. The molecule has 2 amide bonds. The van der Waals surface area contributed by atoms with Crippen LogP contribution in [0.15, 0.2) is 26.3 Å². The monoisotopic (exact) mass is 672 g/mol. The predicted molar refractivity (Wildman–Crippen MR) is 163 cm³/mol. The molecule has 234 valence electrons. The number of ether oxygens (including phenoxy) is 2. The summed E-state index contributed by atoms with van der Waals surface area (Å²) in [5, 5.41) is 23.7. The van der Waals surface area contributed by atoms with Crippen LogP contribution >= 0.6 is 46.4 Å². The average Bonchev–Trinajstić information content (AvgIpc) is 3.68. The van der Waals surface area contributed by atoms with Crippen LogP contribution in [0.4, 0.5) is 5.13 Å². The van der Waals surface area contributed by atoms with Gasteiger partial charge in [0.2, 0.25) is 11.5 Å². The van der Waals surface area contributed by atoms with Crippen LogP contribution in [0, 0.1) is 0 Å². The Morgan fingerprint density at radius 1 is 1.21 bits per heavy atom. The van der Waals surface area contributed by atoms with E-state index in [9.17, 15) is 19.5 Å². The van der Waals surface area contributed by atoms with Gasteiger partial charge in [-0.15, -0.1) is 22.0 Å². The molecular formula is C24H32N8O7S4. The van der Waals surface area contributed by atoms with Crippen LogP contribution in [-0.4, -0.2) is 109 Å². The number of oxime groups is 1. The van der Waals surface area contributed by atoms with Gasteiger partial charge < -0.3 is 30.5 Å². The van der Waals surface area contributed by atoms with E-state index in [4.69, 9.17) is 20.0 Å². The molecule has 0 radical (unpaired) electrons. The number of amides is 2. The van der Waals surface area contributed by atoms with Gasteiger partial charge in [-0.3, -0.25) is 14.5 Å². The number of aromatic nitrogens is 4. The molecule has 43 heavy (non-hydrogen) atoms. The summed E-state index contributed by atoms with van der Waals surface area (Å²) in [6, 6.07) is -0.976. The van der Waals surface area contributed by atoms with Crippen LogP contribution in [0.5, 0.6) is 0 Å². The van der Waals surface area contributed by atoms with Crippen LogP contribution in [-0.2, 0) is 28.7 Å². The highest BCUT2D eigenvalue weighted by molar-refractivity contribution is 8.01. The highest BCUT2D eigenvalue weighted by Crippen LogP contribution is 2.41. The number of carboxylic acid groups (broad SMARTS) is 1. The molecule has 0 spiro atoms. The smallest absolute Gasteiger partial charge is 0.352 e. The van der Waals surface area contributed by atoms with Gasteiger partial charge in [0.05, 0.1) is 19.8 Å². The SMILES string of the molecule is CCCCCCOCCOCCO/N=C(\C(=O)NC1C(=O)N2C(C(=O)O)=C(CSc3nncs3)CS[C@H]12)c1nsc(N)n1. The van der Waals surface area contributed by atoms with Crippen molar-refractivity contribution < 1.29 is 33.8 Å². The normalized spacial score (nSPS) is 18.4. The molecule has 2 aliphatic heterocycles. The zero-order valence-corrected chi connectivity index (χ0v) is 26.6. The Labute approximate surface area is 264 Å². The summed E-state index contributed by atoms with van der Waals surface area (Å²) in [6.07, 6.45) is 4.56. The van der Waals surface area contributed by atoms with E-state index in [0.717, 1.165) is 24.4 Å². The first kappa shape index (κ1) is 33.1. The van der Waals surface area contributed by atoms with E-state index in [0.29, 0.717) is 41.2 Å². The minimum absolute atomic E-state index is 0.0477. The molecule has 2 aromatic heterocycles. The fourth-order valence-corrected chi connectivity index (χ4v) is 7.46. The topological polar surface area (TPSA) is 204 Å². The first-order valence-electron chi connectivity index (χ1n) is 13.5. The fraction of sp³-hybridized carbons (Fsp3) is 0.583. The largest absolute Gasteiger partial charge is 0.477 e. The van der Waals surface area contributed by atoms with Gasteiger partial charge in [-0.1, -0.05) is 54.4 Å². The Morgan fingerprint density at radius 3 is 2.70 bits per heavy atom. The van der Waals surface area contributed by atoms with Crippen LogP contribution in [0.2, 0.25) is 0 Å². The van der Waals surface area contributed by atoms with E-state index in [1.807, 2.05) is 0 Å². The van der Waals surface area contributed by atoms with Crippen molar-refractivity contribution >= 4 is 75.0 Å². The third-order valence-electron chi connectivity index (χ3n) is 6.10. The van der Waals surface area contributed by atoms with Crippen molar-refractivity contribution in [3.05, 3.63) is 22.6 Å². The molecule has 2 aromatic rings. The number of nitrogens with one attached hydrogen (secondary N) is 1. The quantitative estimate of drug-likeness (QED) is 0.0641. The van der Waals surface area contributed by atoms with Gasteiger partial charge in [0.1, 0.15) is 29.2 Å². The standard InChI is InChI=1S/C24H32N8O7S4/c1-2-3-4-5-6-37-7-8-38-9-10-39-30-15(18-28-23(25)43-31-18)19(33)27-16-20(34)32-17(22(35)36)14(11-40-21(16)32)12-41-24-29-26-13-42-24/h13,16,21H,2-12H2,1H3,(H,27,33)(H,35,36)(H2,25,28,31)/b30-15-/t16?,21-/m1/s1. The maximum Gasteiger partial charge on any atom is 0.352 e. The Bertz CT molecular complexity index is 1310. The number of hydrogen-bond acceptors (Lipinski definition) is 16. The van der Waals surface area contributed by atoms with Gasteiger partial charge in [0.25, 0.3) is 11.8 Å². The number of unbranched alkanes of at least 4 members (excludes halogenated alkanes) is 3. The number of nitrogen functional groups attached to an aromatic ring is 1. The van der Waals surface area contributed by atoms with E-state index in [1.54, 1.807) is 5.51 Å². The Balaban J connectivity index is 1.30. The number of carbonyl (C=O) groups excluding carboxylic acids is 2. The second kappa shape index (κ2) is 16.9. The number of nitrogens with two attached hydrogens (primary N) is 1. The van der Waals surface area contributed by atoms with Crippen LogP contribution in [0.25, 0.3) is 0 Å². The molecule has 19 heteroatoms. The minimum atomic E-state index is -1.21. The van der Waals surface area contributed by atoms with Gasteiger partial charge in [0.15, 0.2) is 9.47 Å². The van der Waals surface area contributed by atoms with Crippen molar-refractivity contribution in [3.63, 3.8) is 0 Å². The van der Waals surface area contributed by atoms with Crippen molar-refractivity contribution in [1.82, 2.24) is 29.8 Å². The van der Waals surface area contributed by atoms with Gasteiger partial charge in [-0.25, -0.2) is 4.79 Å². The number of fused-ring (bicyclic) bond motifs is 1. The molecule has 15 nitrogen and oxygen atoms in total. The molecule has 0 saturated carbocycles. The molecule has 0 aliphatic carbocycles. The summed E-state index contributed by atoms with van der Waals surface area (Å²) in [7, 11) is 0. The molecule has 2 aliphatic rings. The van der Waals surface area contributed by atoms with Crippen LogP contribution in [0.1, 0.15) is 38.4 Å². The summed E-state index contributed by atoms with van der Waals surface area (Å²) in [5.74, 6) is -1.86. The molecule has 0 aromatic carbocycles. The first-order chi connectivity index (χ1) is 20.9. The maximum atomic E-state index is 13.2. The Kier molecular flexibility index (Phi) is 13.0. The predicted octanol–water partition coefficient (Wildman–Crippen LogP) is 1.84. The second-order valence-corrected chi connectivity index (χ2v) is 13.1. The summed E-state index contributed by atoms with van der Waals surface area (Å²) >= 11 is 4.93. The molecule has 2 atom stereocenters. The zero-order chi connectivity index (χ0) is 30.6. The van der Waals surface area contributed by atoms with Gasteiger partial charge in [-0.2, -0.15) is 9.36 Å². The molecule has 1 saturated heterocycles. The number of carboxylic acids is 1. The van der Waals surface area contributed by atoms with Crippen LogP contribution < -0.4 is 11.1 Å². The number of thioether (sulfide) groups is 2. The van der Waals surface area contributed by atoms with E-state index >= 15 is 0 Å². The third-order valence-corrected chi connectivity index (χ3v) is 9.93. The maximum absolute atomic E-state index is 13.2. The minimum Gasteiger partial charge on any atom is -0.477 e. The average molecular weight is 673 g/mol. The zero-order valence-electron chi connectivity index (χ0n) is 23.3. The molecule has 4 N–H and O–H groups in total. The van der Waals surface area contributed by atoms with Crippen LogP contribution in [0.3, 0.4) is 0 Å². The van der Waals surface area contributed by atoms with Crippen molar-refractivity contribution in [2.75, 3.05) is 50.3 Å². The summed E-state index contributed by atoms with van der Waals surface area (Å²) in [5.41, 5.74) is 7.53. The number of nitrogens with zero attached hydrogens (tertiary/aromatic N) is 6. The summed E-state index contributed by atoms with van der Waals surface area (Å²) < 4.78 is 15.7. The molecule has 4 rings (SSSR count). The van der Waals surface area contributed by atoms with Crippen molar-refractivity contribution in [3.8, 4) is 0 Å². The highest BCUT2D eigenvalue weighted by Gasteiger charge is 2.54. The summed E-state index contributed by atoms with van der Waals surface area (Å²) in [4.78, 5) is 48.9. The number of aliphatic carboxylic acids is 1. The van der Waals surface area contributed by atoms with Crippen molar-refractivity contribution in [2.45, 2.75) is 48.4 Å².